The van der Waals surface area contributed by atoms with E-state index in [1.807, 2.05) is 36.4 Å². The summed E-state index contributed by atoms with van der Waals surface area (Å²) in [6.45, 7) is 0. The average Bonchev–Trinajstić information content (AvgIpc) is 2.75. The Morgan fingerprint density at radius 1 is 0.759 bits per heavy atom. The van der Waals surface area contributed by atoms with Gasteiger partial charge in [0.15, 0.2) is 0 Å². The maximum atomic E-state index is 12.9. The van der Waals surface area contributed by atoms with E-state index >= 15 is 0 Å². The summed E-state index contributed by atoms with van der Waals surface area (Å²) in [5.41, 5.74) is 0.759. The monoisotopic (exact) mass is 410 g/mol. The fourth-order valence-corrected chi connectivity index (χ4v) is 3.49. The molecule has 2 aromatic carbocycles. The van der Waals surface area contributed by atoms with Crippen LogP contribution in [0.1, 0.15) is 5.56 Å². The summed E-state index contributed by atoms with van der Waals surface area (Å²) in [5, 5.41) is 8.93. The molecule has 4 nitrogen and oxygen atoms in total. The lowest BCUT2D eigenvalue weighted by atomic mass is 10.1. The van der Waals surface area contributed by atoms with Crippen molar-refractivity contribution in [1.82, 2.24) is 20.2 Å². The van der Waals surface area contributed by atoms with E-state index in [0.29, 0.717) is 27.8 Å². The highest BCUT2D eigenvalue weighted by atomic mass is 32.2. The standard InChI is InChI=1S/C21H13F3N4S/c22-21(23,24)15-11-9-14(10-12-15)18-20(29-16-6-2-1-3-7-16)26-19(28-27-18)17-8-4-5-13-25-17/h1-13H. The van der Waals surface area contributed by atoms with Crippen molar-refractivity contribution in [1.29, 1.82) is 0 Å². The van der Waals surface area contributed by atoms with E-state index in [4.69, 9.17) is 0 Å². The normalized spacial score (nSPS) is 11.4. The highest BCUT2D eigenvalue weighted by Gasteiger charge is 2.30. The smallest absolute Gasteiger partial charge is 0.253 e. The van der Waals surface area contributed by atoms with Crippen LogP contribution in [-0.4, -0.2) is 20.2 Å². The van der Waals surface area contributed by atoms with Crippen molar-refractivity contribution in [3.05, 3.63) is 84.6 Å². The number of benzene rings is 2. The van der Waals surface area contributed by atoms with E-state index in [-0.39, 0.29) is 0 Å². The van der Waals surface area contributed by atoms with E-state index in [2.05, 4.69) is 20.2 Å². The van der Waals surface area contributed by atoms with Gasteiger partial charge in [-0.3, -0.25) is 4.98 Å². The van der Waals surface area contributed by atoms with E-state index in [1.165, 1.54) is 23.9 Å². The molecule has 0 aliphatic heterocycles. The van der Waals surface area contributed by atoms with Gasteiger partial charge in [0.25, 0.3) is 0 Å². The van der Waals surface area contributed by atoms with Crippen LogP contribution in [0.3, 0.4) is 0 Å². The van der Waals surface area contributed by atoms with Gasteiger partial charge in [0.05, 0.1) is 5.56 Å². The molecule has 0 fully saturated rings. The summed E-state index contributed by atoms with van der Waals surface area (Å²) in [5.74, 6) is 0.347. The first-order valence-electron chi connectivity index (χ1n) is 8.57. The van der Waals surface area contributed by atoms with Crippen LogP contribution in [0.4, 0.5) is 13.2 Å². The van der Waals surface area contributed by atoms with Crippen LogP contribution >= 0.6 is 11.8 Å². The minimum absolute atomic E-state index is 0.347. The third-order valence-electron chi connectivity index (χ3n) is 3.99. The second kappa shape index (κ2) is 8.00. The Hall–Kier alpha value is -3.26. The second-order valence-corrected chi connectivity index (χ2v) is 7.06. The number of rotatable bonds is 4. The predicted molar refractivity (Wildman–Crippen MR) is 104 cm³/mol. The van der Waals surface area contributed by atoms with Gasteiger partial charge in [0.1, 0.15) is 16.4 Å². The predicted octanol–water partition coefficient (Wildman–Crippen LogP) is 5.77. The molecule has 0 spiro atoms. The Labute approximate surface area is 168 Å². The van der Waals surface area contributed by atoms with Gasteiger partial charge in [-0.1, -0.05) is 48.2 Å². The summed E-state index contributed by atoms with van der Waals surface area (Å²) in [6, 6.07) is 19.7. The molecular formula is C21H13F3N4S. The molecular weight excluding hydrogens is 397 g/mol. The van der Waals surface area contributed by atoms with Gasteiger partial charge >= 0.3 is 6.18 Å². The third-order valence-corrected chi connectivity index (χ3v) is 4.98. The Morgan fingerprint density at radius 3 is 2.14 bits per heavy atom. The summed E-state index contributed by atoms with van der Waals surface area (Å²) < 4.78 is 38.6. The highest BCUT2D eigenvalue weighted by Crippen LogP contribution is 2.35. The maximum Gasteiger partial charge on any atom is 0.416 e. The van der Waals surface area contributed by atoms with E-state index < -0.39 is 11.7 Å². The van der Waals surface area contributed by atoms with E-state index in [1.54, 1.807) is 18.3 Å². The lowest BCUT2D eigenvalue weighted by Gasteiger charge is -2.10. The summed E-state index contributed by atoms with van der Waals surface area (Å²) in [4.78, 5) is 9.75. The van der Waals surface area contributed by atoms with Crippen molar-refractivity contribution in [2.75, 3.05) is 0 Å². The third kappa shape index (κ3) is 4.43. The zero-order valence-electron chi connectivity index (χ0n) is 14.8. The zero-order valence-corrected chi connectivity index (χ0v) is 15.7. The first-order chi connectivity index (χ1) is 14.0. The minimum Gasteiger partial charge on any atom is -0.253 e. The Kier molecular flexibility index (Phi) is 5.26. The summed E-state index contributed by atoms with van der Waals surface area (Å²) in [7, 11) is 0. The molecule has 0 atom stereocenters. The Balaban J connectivity index is 1.78. The zero-order chi connectivity index (χ0) is 20.3. The SMILES string of the molecule is FC(F)(F)c1ccc(-c2nnc(-c3ccccn3)nc2Sc2ccccc2)cc1. The molecule has 0 aliphatic carbocycles. The molecule has 0 amide bonds. The summed E-state index contributed by atoms with van der Waals surface area (Å²) in [6.07, 6.45) is -2.76. The van der Waals surface area contributed by atoms with Crippen LogP contribution in [0, 0.1) is 0 Å². The van der Waals surface area contributed by atoms with Crippen LogP contribution in [0.5, 0.6) is 0 Å². The van der Waals surface area contributed by atoms with Crippen molar-refractivity contribution in [2.24, 2.45) is 0 Å². The van der Waals surface area contributed by atoms with Gasteiger partial charge in [-0.15, -0.1) is 10.2 Å². The highest BCUT2D eigenvalue weighted by molar-refractivity contribution is 7.99. The van der Waals surface area contributed by atoms with Crippen LogP contribution in [-0.2, 0) is 6.18 Å². The van der Waals surface area contributed by atoms with Gasteiger partial charge in [-0.2, -0.15) is 13.2 Å². The van der Waals surface area contributed by atoms with Gasteiger partial charge in [-0.25, -0.2) is 4.98 Å². The second-order valence-electron chi connectivity index (χ2n) is 5.99. The fraction of sp³-hybridized carbons (Fsp3) is 0.0476. The van der Waals surface area contributed by atoms with Gasteiger partial charge < -0.3 is 0 Å². The van der Waals surface area contributed by atoms with Gasteiger partial charge in [0, 0.05) is 16.7 Å². The van der Waals surface area contributed by atoms with Crippen LogP contribution in [0.2, 0.25) is 0 Å². The molecule has 4 aromatic rings. The Morgan fingerprint density at radius 2 is 1.48 bits per heavy atom. The molecule has 0 unspecified atom stereocenters. The van der Waals surface area contributed by atoms with E-state index in [0.717, 1.165) is 17.0 Å². The lowest BCUT2D eigenvalue weighted by Crippen LogP contribution is -2.04. The number of halogens is 3. The quantitative estimate of drug-likeness (QED) is 0.427. The number of pyridine rings is 1. The average molecular weight is 410 g/mol. The lowest BCUT2D eigenvalue weighted by molar-refractivity contribution is -0.137. The fourth-order valence-electron chi connectivity index (χ4n) is 2.58. The van der Waals surface area contributed by atoms with Crippen LogP contribution in [0.25, 0.3) is 22.8 Å². The molecule has 0 saturated heterocycles. The molecule has 0 saturated carbocycles. The Bertz CT molecular complexity index is 1100. The molecule has 4 rings (SSSR count). The molecule has 29 heavy (non-hydrogen) atoms. The maximum absolute atomic E-state index is 12.9. The largest absolute Gasteiger partial charge is 0.416 e. The molecule has 0 aliphatic rings. The van der Waals surface area contributed by atoms with Crippen molar-refractivity contribution >= 4 is 11.8 Å². The van der Waals surface area contributed by atoms with Gasteiger partial charge in [-0.05, 0) is 36.4 Å². The summed E-state index contributed by atoms with van der Waals surface area (Å²) >= 11 is 1.36. The number of hydrogen-bond acceptors (Lipinski definition) is 5. The number of aromatic nitrogens is 4. The van der Waals surface area contributed by atoms with Gasteiger partial charge in [0.2, 0.25) is 5.82 Å². The van der Waals surface area contributed by atoms with Crippen molar-refractivity contribution < 1.29 is 13.2 Å². The molecule has 0 N–H and O–H groups in total. The molecule has 8 heteroatoms. The molecule has 0 radical (unpaired) electrons. The molecule has 0 bridgehead atoms. The van der Waals surface area contributed by atoms with E-state index in [9.17, 15) is 13.2 Å². The van der Waals surface area contributed by atoms with Crippen LogP contribution < -0.4 is 0 Å². The first-order valence-corrected chi connectivity index (χ1v) is 9.39. The topological polar surface area (TPSA) is 51.6 Å². The molecule has 2 heterocycles. The molecule has 2 aromatic heterocycles. The van der Waals surface area contributed by atoms with Crippen molar-refractivity contribution in [2.45, 2.75) is 16.1 Å². The van der Waals surface area contributed by atoms with Crippen molar-refractivity contribution in [3.63, 3.8) is 0 Å². The van der Waals surface area contributed by atoms with Crippen molar-refractivity contribution in [3.8, 4) is 22.8 Å². The number of alkyl halides is 3. The van der Waals surface area contributed by atoms with Crippen LogP contribution in [0.15, 0.2) is 88.9 Å². The molecule has 144 valence electrons. The number of hydrogen-bond donors (Lipinski definition) is 0. The number of nitrogens with zero attached hydrogens (tertiary/aromatic N) is 4. The minimum atomic E-state index is -4.40. The first kappa shape index (κ1) is 19.1.